The summed E-state index contributed by atoms with van der Waals surface area (Å²) in [5, 5.41) is 3.53. The Morgan fingerprint density at radius 1 is 1.25 bits per heavy atom. The summed E-state index contributed by atoms with van der Waals surface area (Å²) in [6.07, 6.45) is 0. The van der Waals surface area contributed by atoms with Crippen LogP contribution in [0.2, 0.25) is 0 Å². The molecule has 0 radical (unpaired) electrons. The fourth-order valence-corrected chi connectivity index (χ4v) is 1.86. The Labute approximate surface area is 104 Å². The average molecular weight is 240 g/mol. The number of halogens is 1. The summed E-state index contributed by atoms with van der Waals surface area (Å²) in [7, 11) is 0. The minimum absolute atomic E-state index is 0.456. The molecule has 2 heteroatoms. The summed E-state index contributed by atoms with van der Waals surface area (Å²) < 4.78 is 0. The topological polar surface area (TPSA) is 12.0 Å². The van der Waals surface area contributed by atoms with Crippen molar-refractivity contribution < 1.29 is 0 Å². The van der Waals surface area contributed by atoms with Crippen LogP contribution in [-0.4, -0.2) is 11.9 Å². The van der Waals surface area contributed by atoms with E-state index in [-0.39, 0.29) is 0 Å². The van der Waals surface area contributed by atoms with E-state index in [1.165, 1.54) is 16.7 Å². The maximum absolute atomic E-state index is 5.85. The molecule has 16 heavy (non-hydrogen) atoms. The molecule has 90 valence electrons. The minimum atomic E-state index is 0.456. The molecule has 0 fully saturated rings. The van der Waals surface area contributed by atoms with Gasteiger partial charge >= 0.3 is 0 Å². The first kappa shape index (κ1) is 13.5. The Kier molecular flexibility index (Phi) is 5.30. The summed E-state index contributed by atoms with van der Waals surface area (Å²) in [5.41, 5.74) is 4.05. The van der Waals surface area contributed by atoms with Crippen LogP contribution in [0.15, 0.2) is 18.2 Å². The molecule has 2 atom stereocenters. The zero-order valence-corrected chi connectivity index (χ0v) is 11.4. The fourth-order valence-electron chi connectivity index (χ4n) is 1.60. The number of hydrogen-bond donors (Lipinski definition) is 1. The molecule has 0 heterocycles. The van der Waals surface area contributed by atoms with Crippen LogP contribution >= 0.6 is 11.6 Å². The van der Waals surface area contributed by atoms with E-state index in [9.17, 15) is 0 Å². The van der Waals surface area contributed by atoms with Crippen molar-refractivity contribution in [2.45, 2.75) is 40.3 Å². The maximum atomic E-state index is 5.85. The zero-order chi connectivity index (χ0) is 12.1. The first-order valence-corrected chi connectivity index (χ1v) is 6.43. The molecule has 0 saturated heterocycles. The second-order valence-corrected chi connectivity index (χ2v) is 5.04. The van der Waals surface area contributed by atoms with Gasteiger partial charge in [0.2, 0.25) is 0 Å². The van der Waals surface area contributed by atoms with E-state index in [0.29, 0.717) is 17.8 Å². The number of rotatable bonds is 5. The number of hydrogen-bond acceptors (Lipinski definition) is 1. The van der Waals surface area contributed by atoms with Gasteiger partial charge < -0.3 is 5.32 Å². The van der Waals surface area contributed by atoms with E-state index in [4.69, 9.17) is 11.6 Å². The smallest absolute Gasteiger partial charge is 0.0263 e. The van der Waals surface area contributed by atoms with Crippen molar-refractivity contribution in [3.63, 3.8) is 0 Å². The van der Waals surface area contributed by atoms with Gasteiger partial charge in [0, 0.05) is 18.5 Å². The van der Waals surface area contributed by atoms with Crippen LogP contribution in [0.3, 0.4) is 0 Å². The molecule has 0 spiro atoms. The first-order chi connectivity index (χ1) is 7.54. The third-order valence-corrected chi connectivity index (χ3v) is 3.70. The molecule has 1 N–H and O–H groups in total. The van der Waals surface area contributed by atoms with E-state index in [1.807, 2.05) is 0 Å². The Morgan fingerprint density at radius 2 is 1.94 bits per heavy atom. The second-order valence-electron chi connectivity index (χ2n) is 4.73. The summed E-state index contributed by atoms with van der Waals surface area (Å²) in [5.74, 6) is 1.22. The largest absolute Gasteiger partial charge is 0.310 e. The first-order valence-electron chi connectivity index (χ1n) is 5.90. The molecule has 1 aromatic carbocycles. The van der Waals surface area contributed by atoms with Gasteiger partial charge in [-0.2, -0.15) is 0 Å². The van der Waals surface area contributed by atoms with Gasteiger partial charge in [0.05, 0.1) is 0 Å². The second kappa shape index (κ2) is 6.27. The van der Waals surface area contributed by atoms with E-state index in [1.54, 1.807) is 0 Å². The van der Waals surface area contributed by atoms with Crippen LogP contribution in [0, 0.1) is 19.8 Å². The third-order valence-electron chi connectivity index (χ3n) is 3.22. The number of benzene rings is 1. The van der Waals surface area contributed by atoms with Crippen LogP contribution in [0.4, 0.5) is 0 Å². The zero-order valence-electron chi connectivity index (χ0n) is 10.7. The Bertz CT molecular complexity index is 336. The average Bonchev–Trinajstić information content (AvgIpc) is 2.28. The van der Waals surface area contributed by atoms with E-state index >= 15 is 0 Å². The monoisotopic (exact) mass is 239 g/mol. The summed E-state index contributed by atoms with van der Waals surface area (Å²) in [6, 6.07) is 7.05. The Hall–Kier alpha value is -0.530. The lowest BCUT2D eigenvalue weighted by atomic mass is 10.0. The van der Waals surface area contributed by atoms with E-state index in [2.05, 4.69) is 51.2 Å². The molecule has 0 aromatic heterocycles. The van der Waals surface area contributed by atoms with Gasteiger partial charge in [0.1, 0.15) is 0 Å². The van der Waals surface area contributed by atoms with Crippen LogP contribution < -0.4 is 5.32 Å². The summed E-state index contributed by atoms with van der Waals surface area (Å²) >= 11 is 5.85. The number of alkyl halides is 1. The highest BCUT2D eigenvalue weighted by Gasteiger charge is 2.10. The Morgan fingerprint density at radius 3 is 2.56 bits per heavy atom. The van der Waals surface area contributed by atoms with Crippen molar-refractivity contribution in [2.24, 2.45) is 5.92 Å². The van der Waals surface area contributed by atoms with Crippen molar-refractivity contribution >= 4 is 11.6 Å². The van der Waals surface area contributed by atoms with Crippen LogP contribution in [0.5, 0.6) is 0 Å². The molecule has 1 nitrogen and oxygen atoms in total. The molecule has 0 aliphatic rings. The van der Waals surface area contributed by atoms with Gasteiger partial charge in [-0.15, -0.1) is 11.6 Å². The predicted molar refractivity (Wildman–Crippen MR) is 72.1 cm³/mol. The van der Waals surface area contributed by atoms with Gasteiger partial charge in [-0.3, -0.25) is 0 Å². The number of aryl methyl sites for hydroxylation is 2. The third kappa shape index (κ3) is 3.80. The molecule has 1 aromatic rings. The Balaban J connectivity index is 2.57. The van der Waals surface area contributed by atoms with E-state index < -0.39 is 0 Å². The highest BCUT2D eigenvalue weighted by Crippen LogP contribution is 2.12. The molecule has 0 aliphatic heterocycles. The summed E-state index contributed by atoms with van der Waals surface area (Å²) in [6.45, 7) is 9.59. The maximum Gasteiger partial charge on any atom is 0.0263 e. The fraction of sp³-hybridized carbons (Fsp3) is 0.571. The van der Waals surface area contributed by atoms with Gasteiger partial charge in [-0.05, 0) is 37.8 Å². The van der Waals surface area contributed by atoms with Gasteiger partial charge in [-0.1, -0.05) is 30.7 Å². The minimum Gasteiger partial charge on any atom is -0.310 e. The van der Waals surface area contributed by atoms with Gasteiger partial charge in [0.15, 0.2) is 0 Å². The van der Waals surface area contributed by atoms with Crippen molar-refractivity contribution in [1.29, 1.82) is 0 Å². The SMILES string of the molecule is Cc1ccc(C)c(CNC(C)C(C)CCl)c1. The molecule has 0 saturated carbocycles. The highest BCUT2D eigenvalue weighted by molar-refractivity contribution is 6.18. The standard InChI is InChI=1S/C14H22ClN/c1-10-5-6-11(2)14(7-10)9-16-13(4)12(3)8-15/h5-7,12-13,16H,8-9H2,1-4H3. The van der Waals surface area contributed by atoms with Crippen LogP contribution in [-0.2, 0) is 6.54 Å². The predicted octanol–water partition coefficient (Wildman–Crippen LogP) is 3.66. The number of nitrogens with one attached hydrogen (secondary N) is 1. The van der Waals surface area contributed by atoms with Crippen molar-refractivity contribution in [3.8, 4) is 0 Å². The molecule has 1 rings (SSSR count). The molecular formula is C14H22ClN. The van der Waals surface area contributed by atoms with Gasteiger partial charge in [-0.25, -0.2) is 0 Å². The molecule has 0 bridgehead atoms. The van der Waals surface area contributed by atoms with Crippen molar-refractivity contribution in [1.82, 2.24) is 5.32 Å². The lowest BCUT2D eigenvalue weighted by molar-refractivity contribution is 0.429. The van der Waals surface area contributed by atoms with E-state index in [0.717, 1.165) is 6.54 Å². The van der Waals surface area contributed by atoms with Crippen molar-refractivity contribution in [2.75, 3.05) is 5.88 Å². The van der Waals surface area contributed by atoms with Crippen LogP contribution in [0.25, 0.3) is 0 Å². The quantitative estimate of drug-likeness (QED) is 0.774. The molecular weight excluding hydrogens is 218 g/mol. The van der Waals surface area contributed by atoms with Crippen molar-refractivity contribution in [3.05, 3.63) is 34.9 Å². The summed E-state index contributed by atoms with van der Waals surface area (Å²) in [4.78, 5) is 0. The molecule has 0 amide bonds. The normalized spacial score (nSPS) is 14.8. The van der Waals surface area contributed by atoms with Gasteiger partial charge in [0.25, 0.3) is 0 Å². The highest BCUT2D eigenvalue weighted by atomic mass is 35.5. The molecule has 0 aliphatic carbocycles. The molecule has 2 unspecified atom stereocenters. The lowest BCUT2D eigenvalue weighted by Crippen LogP contribution is -2.32. The lowest BCUT2D eigenvalue weighted by Gasteiger charge is -2.20. The van der Waals surface area contributed by atoms with Crippen LogP contribution in [0.1, 0.15) is 30.5 Å².